The van der Waals surface area contributed by atoms with Crippen LogP contribution in [0.1, 0.15) is 21.9 Å². The number of nitrogens with one attached hydrogen (secondary N) is 1. The number of carboxylic acids is 1. The number of carboxylic acid groups (broad SMARTS) is 1. The molecule has 5 heteroatoms. The van der Waals surface area contributed by atoms with Crippen LogP contribution < -0.4 is 5.32 Å². The van der Waals surface area contributed by atoms with Crippen LogP contribution >= 0.6 is 11.8 Å². The lowest BCUT2D eigenvalue weighted by molar-refractivity contribution is 0.0695. The van der Waals surface area contributed by atoms with Gasteiger partial charge in [-0.1, -0.05) is 6.08 Å². The Kier molecular flexibility index (Phi) is 5.86. The highest BCUT2D eigenvalue weighted by molar-refractivity contribution is 7.99. The first-order valence-electron chi connectivity index (χ1n) is 5.37. The molecular weight excluding hydrogens is 238 g/mol. The Labute approximate surface area is 105 Å². The van der Waals surface area contributed by atoms with Crippen molar-refractivity contribution in [2.75, 3.05) is 18.1 Å². The molecule has 0 aliphatic carbocycles. The number of hydrogen-bond acceptors (Lipinski definition) is 4. The monoisotopic (exact) mass is 255 g/mol. The SMILES string of the molecule is C=CCSCCNCc1cc(C(=O)O)c(C)o1. The molecule has 1 heterocycles. The van der Waals surface area contributed by atoms with E-state index in [1.54, 1.807) is 24.8 Å². The summed E-state index contributed by atoms with van der Waals surface area (Å²) in [4.78, 5) is 10.8. The maximum atomic E-state index is 10.8. The number of furan rings is 1. The molecule has 94 valence electrons. The van der Waals surface area contributed by atoms with E-state index in [9.17, 15) is 4.79 Å². The molecule has 0 unspecified atom stereocenters. The van der Waals surface area contributed by atoms with Crippen molar-refractivity contribution in [1.82, 2.24) is 5.32 Å². The van der Waals surface area contributed by atoms with Gasteiger partial charge in [-0.15, -0.1) is 6.58 Å². The van der Waals surface area contributed by atoms with Crippen LogP contribution in [0.25, 0.3) is 0 Å². The van der Waals surface area contributed by atoms with Gasteiger partial charge in [-0.2, -0.15) is 11.8 Å². The Morgan fingerprint density at radius 1 is 1.71 bits per heavy atom. The van der Waals surface area contributed by atoms with Gasteiger partial charge in [0.1, 0.15) is 17.1 Å². The molecule has 0 fully saturated rings. The van der Waals surface area contributed by atoms with Crippen LogP contribution in [0.4, 0.5) is 0 Å². The predicted molar refractivity (Wildman–Crippen MR) is 69.6 cm³/mol. The summed E-state index contributed by atoms with van der Waals surface area (Å²) >= 11 is 1.80. The van der Waals surface area contributed by atoms with E-state index in [-0.39, 0.29) is 5.56 Å². The number of aromatic carboxylic acids is 1. The molecule has 0 amide bonds. The van der Waals surface area contributed by atoms with Gasteiger partial charge in [0.15, 0.2) is 0 Å². The second-order valence-electron chi connectivity index (χ2n) is 3.53. The first-order valence-corrected chi connectivity index (χ1v) is 6.52. The first-order chi connectivity index (χ1) is 8.15. The minimum absolute atomic E-state index is 0.239. The van der Waals surface area contributed by atoms with Crippen LogP contribution in [-0.4, -0.2) is 29.1 Å². The highest BCUT2D eigenvalue weighted by Gasteiger charge is 2.12. The summed E-state index contributed by atoms with van der Waals surface area (Å²) in [6, 6.07) is 1.57. The molecule has 4 nitrogen and oxygen atoms in total. The van der Waals surface area contributed by atoms with Crippen LogP contribution in [0, 0.1) is 6.92 Å². The van der Waals surface area contributed by atoms with Crippen molar-refractivity contribution in [2.24, 2.45) is 0 Å². The van der Waals surface area contributed by atoms with Crippen LogP contribution in [0.3, 0.4) is 0 Å². The number of carbonyl (C=O) groups is 1. The van der Waals surface area contributed by atoms with E-state index in [0.29, 0.717) is 18.1 Å². The van der Waals surface area contributed by atoms with Crippen molar-refractivity contribution in [1.29, 1.82) is 0 Å². The second kappa shape index (κ2) is 7.19. The summed E-state index contributed by atoms with van der Waals surface area (Å²) in [7, 11) is 0. The van der Waals surface area contributed by atoms with Gasteiger partial charge in [-0.05, 0) is 13.0 Å². The van der Waals surface area contributed by atoms with Gasteiger partial charge in [0.05, 0.1) is 6.54 Å². The fourth-order valence-corrected chi connectivity index (χ4v) is 1.99. The van der Waals surface area contributed by atoms with E-state index < -0.39 is 5.97 Å². The summed E-state index contributed by atoms with van der Waals surface area (Å²) < 4.78 is 5.34. The molecule has 0 atom stereocenters. The lowest BCUT2D eigenvalue weighted by Crippen LogP contribution is -2.16. The summed E-state index contributed by atoms with van der Waals surface area (Å²) in [6.45, 7) is 6.72. The molecular formula is C12H17NO3S. The molecule has 0 spiro atoms. The Balaban J connectivity index is 2.30. The largest absolute Gasteiger partial charge is 0.478 e. The highest BCUT2D eigenvalue weighted by atomic mass is 32.2. The number of thioether (sulfide) groups is 1. The molecule has 0 bridgehead atoms. The Morgan fingerprint density at radius 2 is 2.47 bits per heavy atom. The zero-order chi connectivity index (χ0) is 12.7. The van der Waals surface area contributed by atoms with Crippen LogP contribution in [-0.2, 0) is 6.54 Å². The van der Waals surface area contributed by atoms with Gasteiger partial charge in [0.2, 0.25) is 0 Å². The summed E-state index contributed by atoms with van der Waals surface area (Å²) in [6.07, 6.45) is 1.87. The van der Waals surface area contributed by atoms with Gasteiger partial charge in [-0.3, -0.25) is 0 Å². The van der Waals surface area contributed by atoms with Gasteiger partial charge in [0.25, 0.3) is 0 Å². The average Bonchev–Trinajstić information content (AvgIpc) is 2.65. The van der Waals surface area contributed by atoms with Gasteiger partial charge in [0, 0.05) is 18.1 Å². The zero-order valence-electron chi connectivity index (χ0n) is 9.86. The Morgan fingerprint density at radius 3 is 3.06 bits per heavy atom. The third kappa shape index (κ3) is 4.66. The summed E-state index contributed by atoms with van der Waals surface area (Å²) in [5.74, 6) is 2.12. The predicted octanol–water partition coefficient (Wildman–Crippen LogP) is 2.30. The Bertz CT molecular complexity index is 387. The normalized spacial score (nSPS) is 10.4. The summed E-state index contributed by atoms with van der Waals surface area (Å²) in [5, 5.41) is 12.1. The minimum Gasteiger partial charge on any atom is -0.478 e. The molecule has 1 aromatic heterocycles. The molecule has 0 aromatic carbocycles. The second-order valence-corrected chi connectivity index (χ2v) is 4.68. The zero-order valence-corrected chi connectivity index (χ0v) is 10.7. The average molecular weight is 255 g/mol. The third-order valence-corrected chi connectivity index (χ3v) is 3.12. The molecule has 0 saturated heterocycles. The lowest BCUT2D eigenvalue weighted by atomic mass is 10.2. The molecule has 0 aliphatic heterocycles. The maximum Gasteiger partial charge on any atom is 0.339 e. The van der Waals surface area contributed by atoms with Crippen molar-refractivity contribution >= 4 is 17.7 Å². The van der Waals surface area contributed by atoms with Crippen LogP contribution in [0.2, 0.25) is 0 Å². The number of hydrogen-bond donors (Lipinski definition) is 2. The van der Waals surface area contributed by atoms with Crippen molar-refractivity contribution in [3.8, 4) is 0 Å². The third-order valence-electron chi connectivity index (χ3n) is 2.16. The molecule has 17 heavy (non-hydrogen) atoms. The summed E-state index contributed by atoms with van der Waals surface area (Å²) in [5.41, 5.74) is 0.239. The lowest BCUT2D eigenvalue weighted by Gasteiger charge is -2.01. The van der Waals surface area contributed by atoms with E-state index >= 15 is 0 Å². The van der Waals surface area contributed by atoms with Crippen molar-refractivity contribution < 1.29 is 14.3 Å². The number of rotatable bonds is 8. The molecule has 1 aromatic rings. The fraction of sp³-hybridized carbons (Fsp3) is 0.417. The van der Waals surface area contributed by atoms with Gasteiger partial charge < -0.3 is 14.8 Å². The molecule has 1 rings (SSSR count). The molecule has 2 N–H and O–H groups in total. The molecule has 0 aliphatic rings. The minimum atomic E-state index is -0.945. The molecule has 0 saturated carbocycles. The first kappa shape index (κ1) is 13.9. The van der Waals surface area contributed by atoms with E-state index in [4.69, 9.17) is 9.52 Å². The van der Waals surface area contributed by atoms with Crippen LogP contribution in [0.5, 0.6) is 0 Å². The van der Waals surface area contributed by atoms with E-state index in [0.717, 1.165) is 18.1 Å². The number of aryl methyl sites for hydroxylation is 1. The van der Waals surface area contributed by atoms with Gasteiger partial charge >= 0.3 is 5.97 Å². The fourth-order valence-electron chi connectivity index (χ4n) is 1.37. The topological polar surface area (TPSA) is 62.5 Å². The molecule has 0 radical (unpaired) electrons. The van der Waals surface area contributed by atoms with Crippen molar-refractivity contribution in [3.05, 3.63) is 35.8 Å². The van der Waals surface area contributed by atoms with E-state index in [1.807, 2.05) is 6.08 Å². The standard InChI is InChI=1S/C12H17NO3S/c1-3-5-17-6-4-13-8-10-7-11(12(14)15)9(2)16-10/h3,7,13H,1,4-6,8H2,2H3,(H,14,15). The quantitative estimate of drug-likeness (QED) is 0.551. The maximum absolute atomic E-state index is 10.8. The van der Waals surface area contributed by atoms with Gasteiger partial charge in [-0.25, -0.2) is 4.79 Å². The van der Waals surface area contributed by atoms with E-state index in [1.165, 1.54) is 0 Å². The smallest absolute Gasteiger partial charge is 0.339 e. The Hall–Kier alpha value is -1.20. The van der Waals surface area contributed by atoms with Crippen molar-refractivity contribution in [2.45, 2.75) is 13.5 Å². The van der Waals surface area contributed by atoms with Crippen LogP contribution in [0.15, 0.2) is 23.1 Å². The highest BCUT2D eigenvalue weighted by Crippen LogP contribution is 2.14. The van der Waals surface area contributed by atoms with E-state index in [2.05, 4.69) is 11.9 Å². The van der Waals surface area contributed by atoms with Crippen molar-refractivity contribution in [3.63, 3.8) is 0 Å².